The number of nitrogens with zero attached hydrogens (tertiary/aromatic N) is 3. The van der Waals surface area contributed by atoms with Crippen LogP contribution in [0.1, 0.15) is 31.9 Å². The van der Waals surface area contributed by atoms with Gasteiger partial charge in [0.05, 0.1) is 6.20 Å². The molecule has 2 aromatic rings. The van der Waals surface area contributed by atoms with Gasteiger partial charge in [-0.25, -0.2) is 4.98 Å². The van der Waals surface area contributed by atoms with Gasteiger partial charge >= 0.3 is 0 Å². The van der Waals surface area contributed by atoms with Crippen molar-refractivity contribution >= 4 is 5.82 Å². The van der Waals surface area contributed by atoms with Crippen LogP contribution in [0.2, 0.25) is 0 Å². The summed E-state index contributed by atoms with van der Waals surface area (Å²) in [6.45, 7) is 8.66. The van der Waals surface area contributed by atoms with E-state index in [0.29, 0.717) is 5.82 Å². The highest BCUT2D eigenvalue weighted by atomic mass is 15.2. The van der Waals surface area contributed by atoms with E-state index in [1.165, 1.54) is 5.56 Å². The molecule has 0 fully saturated rings. The van der Waals surface area contributed by atoms with Gasteiger partial charge in [0, 0.05) is 12.6 Å². The normalized spacial score (nSPS) is 11.4. The molecule has 1 N–H and O–H groups in total. The van der Waals surface area contributed by atoms with Crippen molar-refractivity contribution in [1.29, 1.82) is 0 Å². The van der Waals surface area contributed by atoms with Gasteiger partial charge in [0.2, 0.25) is 0 Å². The minimum absolute atomic E-state index is 0.108. The lowest BCUT2D eigenvalue weighted by Crippen LogP contribution is -2.11. The number of rotatable bonds is 2. The Morgan fingerprint density at radius 3 is 2.53 bits per heavy atom. The maximum absolute atomic E-state index is 4.46. The van der Waals surface area contributed by atoms with Gasteiger partial charge < -0.3 is 5.32 Å². The zero-order chi connectivity index (χ0) is 14.0. The van der Waals surface area contributed by atoms with E-state index < -0.39 is 0 Å². The zero-order valence-corrected chi connectivity index (χ0v) is 12.2. The second-order valence-electron chi connectivity index (χ2n) is 5.69. The van der Waals surface area contributed by atoms with Crippen molar-refractivity contribution in [3.63, 3.8) is 0 Å². The first-order valence-corrected chi connectivity index (χ1v) is 6.41. The van der Waals surface area contributed by atoms with Crippen LogP contribution in [0.15, 0.2) is 24.4 Å². The van der Waals surface area contributed by atoms with Crippen LogP contribution in [0, 0.1) is 6.92 Å². The molecule has 0 bridgehead atoms. The van der Waals surface area contributed by atoms with E-state index >= 15 is 0 Å². The maximum Gasteiger partial charge on any atom is 0.184 e. The largest absolute Gasteiger partial charge is 0.372 e. The highest BCUT2D eigenvalue weighted by Crippen LogP contribution is 2.28. The van der Waals surface area contributed by atoms with E-state index in [2.05, 4.69) is 66.4 Å². The first kappa shape index (κ1) is 13.5. The van der Waals surface area contributed by atoms with Crippen LogP contribution in [0.25, 0.3) is 11.4 Å². The van der Waals surface area contributed by atoms with Gasteiger partial charge in [-0.05, 0) is 29.5 Å². The number of hydrogen-bond donors (Lipinski definition) is 1. The molecule has 0 atom stereocenters. The van der Waals surface area contributed by atoms with Crippen molar-refractivity contribution in [3.8, 4) is 11.4 Å². The standard InChI is InChI=1S/C15H20N4/c1-10-6-7-11(15(2,3)4)8-12(10)14-18-13(16-5)9-17-19-14/h6-9H,1-5H3,(H,16,18,19). The molecule has 0 unspecified atom stereocenters. The molecule has 0 aliphatic heterocycles. The highest BCUT2D eigenvalue weighted by molar-refractivity contribution is 5.62. The predicted octanol–water partition coefficient (Wildman–Crippen LogP) is 3.19. The summed E-state index contributed by atoms with van der Waals surface area (Å²) >= 11 is 0. The SMILES string of the molecule is CNc1cnnc(-c2cc(C(C)(C)C)ccc2C)n1. The van der Waals surface area contributed by atoms with E-state index in [1.54, 1.807) is 6.20 Å². The van der Waals surface area contributed by atoms with Crippen molar-refractivity contribution in [2.75, 3.05) is 12.4 Å². The maximum atomic E-state index is 4.46. The van der Waals surface area contributed by atoms with Gasteiger partial charge in [-0.2, -0.15) is 5.10 Å². The fourth-order valence-electron chi connectivity index (χ4n) is 1.87. The summed E-state index contributed by atoms with van der Waals surface area (Å²) < 4.78 is 0. The topological polar surface area (TPSA) is 50.7 Å². The van der Waals surface area contributed by atoms with Crippen LogP contribution < -0.4 is 5.32 Å². The minimum atomic E-state index is 0.108. The molecule has 0 saturated heterocycles. The number of anilines is 1. The van der Waals surface area contributed by atoms with Crippen molar-refractivity contribution in [3.05, 3.63) is 35.5 Å². The van der Waals surface area contributed by atoms with Gasteiger partial charge in [-0.3, -0.25) is 0 Å². The Kier molecular flexibility index (Phi) is 3.51. The smallest absolute Gasteiger partial charge is 0.184 e. The van der Waals surface area contributed by atoms with Crippen LogP contribution in [-0.4, -0.2) is 22.2 Å². The third kappa shape index (κ3) is 2.89. The summed E-state index contributed by atoms with van der Waals surface area (Å²) in [5, 5.41) is 11.1. The van der Waals surface area contributed by atoms with Crippen molar-refractivity contribution in [1.82, 2.24) is 15.2 Å². The van der Waals surface area contributed by atoms with Crippen molar-refractivity contribution in [2.24, 2.45) is 0 Å². The van der Waals surface area contributed by atoms with Gasteiger partial charge in [-0.1, -0.05) is 32.9 Å². The molecule has 1 aromatic carbocycles. The number of benzene rings is 1. The third-order valence-electron chi connectivity index (χ3n) is 3.16. The van der Waals surface area contributed by atoms with Crippen molar-refractivity contribution in [2.45, 2.75) is 33.1 Å². The third-order valence-corrected chi connectivity index (χ3v) is 3.16. The van der Waals surface area contributed by atoms with Crippen LogP contribution in [0.5, 0.6) is 0 Å². The number of aromatic nitrogens is 3. The predicted molar refractivity (Wildman–Crippen MR) is 78.2 cm³/mol. The summed E-state index contributed by atoms with van der Waals surface area (Å²) in [5.41, 5.74) is 3.57. The summed E-state index contributed by atoms with van der Waals surface area (Å²) in [7, 11) is 1.83. The quantitative estimate of drug-likeness (QED) is 0.896. The Morgan fingerprint density at radius 2 is 1.89 bits per heavy atom. The molecule has 0 aliphatic carbocycles. The molecule has 0 saturated carbocycles. The van der Waals surface area contributed by atoms with Crippen LogP contribution in [0.3, 0.4) is 0 Å². The van der Waals surface area contributed by atoms with Crippen LogP contribution in [0.4, 0.5) is 5.82 Å². The Morgan fingerprint density at radius 1 is 1.16 bits per heavy atom. The Hall–Kier alpha value is -1.97. The molecule has 4 nitrogen and oxygen atoms in total. The molecule has 19 heavy (non-hydrogen) atoms. The van der Waals surface area contributed by atoms with Gasteiger partial charge in [-0.15, -0.1) is 5.10 Å². The highest BCUT2D eigenvalue weighted by Gasteiger charge is 2.16. The van der Waals surface area contributed by atoms with E-state index in [4.69, 9.17) is 0 Å². The van der Waals surface area contributed by atoms with Crippen LogP contribution >= 0.6 is 0 Å². The molecule has 4 heteroatoms. The molecule has 1 aromatic heterocycles. The van der Waals surface area contributed by atoms with E-state index in [1.807, 2.05) is 7.05 Å². The zero-order valence-electron chi connectivity index (χ0n) is 12.2. The second kappa shape index (κ2) is 4.96. The average Bonchev–Trinajstić information content (AvgIpc) is 2.38. The van der Waals surface area contributed by atoms with E-state index in [9.17, 15) is 0 Å². The number of hydrogen-bond acceptors (Lipinski definition) is 4. The Balaban J connectivity index is 2.54. The molecule has 1 heterocycles. The molecular weight excluding hydrogens is 236 g/mol. The minimum Gasteiger partial charge on any atom is -0.372 e. The first-order valence-electron chi connectivity index (χ1n) is 6.41. The molecule has 0 spiro atoms. The molecule has 100 valence electrons. The van der Waals surface area contributed by atoms with Gasteiger partial charge in [0.1, 0.15) is 5.82 Å². The molecule has 0 radical (unpaired) electrons. The number of nitrogens with one attached hydrogen (secondary N) is 1. The van der Waals surface area contributed by atoms with Crippen LogP contribution in [-0.2, 0) is 5.41 Å². The number of aryl methyl sites for hydroxylation is 1. The lowest BCUT2D eigenvalue weighted by molar-refractivity contribution is 0.590. The van der Waals surface area contributed by atoms with E-state index in [-0.39, 0.29) is 5.41 Å². The van der Waals surface area contributed by atoms with Gasteiger partial charge in [0.15, 0.2) is 5.82 Å². The fourth-order valence-corrected chi connectivity index (χ4v) is 1.87. The molecule has 0 amide bonds. The Labute approximate surface area is 114 Å². The summed E-state index contributed by atoms with van der Waals surface area (Å²) in [4.78, 5) is 4.46. The lowest BCUT2D eigenvalue weighted by Gasteiger charge is -2.20. The van der Waals surface area contributed by atoms with Gasteiger partial charge in [0.25, 0.3) is 0 Å². The lowest BCUT2D eigenvalue weighted by atomic mass is 9.85. The average molecular weight is 256 g/mol. The Bertz CT molecular complexity index is 585. The summed E-state index contributed by atoms with van der Waals surface area (Å²) in [5.74, 6) is 1.39. The monoisotopic (exact) mass is 256 g/mol. The molecule has 0 aliphatic rings. The molecular formula is C15H20N4. The summed E-state index contributed by atoms with van der Waals surface area (Å²) in [6.07, 6.45) is 1.62. The summed E-state index contributed by atoms with van der Waals surface area (Å²) in [6, 6.07) is 6.44. The first-order chi connectivity index (χ1) is 8.91. The molecule has 2 rings (SSSR count). The second-order valence-corrected chi connectivity index (χ2v) is 5.69. The van der Waals surface area contributed by atoms with E-state index in [0.717, 1.165) is 16.9 Å². The van der Waals surface area contributed by atoms with Crippen molar-refractivity contribution < 1.29 is 0 Å². The fraction of sp³-hybridized carbons (Fsp3) is 0.400.